The lowest BCUT2D eigenvalue weighted by molar-refractivity contribution is -0.145. The summed E-state index contributed by atoms with van der Waals surface area (Å²) in [6.45, 7) is 2.68. The monoisotopic (exact) mass is 679 g/mol. The molecule has 4 amide bonds. The molecule has 3 heterocycles. The fraction of sp³-hybridized carbons (Fsp3) is 0.750. The summed E-state index contributed by atoms with van der Waals surface area (Å²) in [6.07, 6.45) is 14.9. The highest BCUT2D eigenvalue weighted by atomic mass is 32.2. The number of nitrogens with zero attached hydrogens (tertiary/aromatic N) is 2. The molecule has 4 atom stereocenters. The van der Waals surface area contributed by atoms with Crippen LogP contribution in [0.2, 0.25) is 0 Å². The van der Waals surface area contributed by atoms with Crippen LogP contribution in [0.4, 0.5) is 4.79 Å². The fourth-order valence-electron chi connectivity index (χ4n) is 7.38. The van der Waals surface area contributed by atoms with Gasteiger partial charge in [-0.3, -0.25) is 9.59 Å². The number of amides is 4. The van der Waals surface area contributed by atoms with Gasteiger partial charge >= 0.3 is 12.0 Å². The average Bonchev–Trinajstić information content (AvgIpc) is 3.37. The van der Waals surface area contributed by atoms with Crippen molar-refractivity contribution in [2.45, 2.75) is 108 Å². The van der Waals surface area contributed by atoms with Gasteiger partial charge in [0.25, 0.3) is 0 Å². The van der Waals surface area contributed by atoms with Gasteiger partial charge in [-0.15, -0.1) is 11.8 Å². The fourth-order valence-corrected chi connectivity index (χ4v) is 10.8. The quantitative estimate of drug-likeness (QED) is 0.160. The minimum absolute atomic E-state index is 0.138. The van der Waals surface area contributed by atoms with Gasteiger partial charge in [-0.05, 0) is 57.3 Å². The third-order valence-electron chi connectivity index (χ3n) is 10.2. The lowest BCUT2D eigenvalue weighted by Crippen LogP contribution is -2.55. The van der Waals surface area contributed by atoms with E-state index in [1.54, 1.807) is 11.8 Å². The van der Waals surface area contributed by atoms with E-state index in [1.807, 2.05) is 12.2 Å². The van der Waals surface area contributed by atoms with Gasteiger partial charge in [0.1, 0.15) is 11.6 Å². The molecule has 5 aliphatic rings. The van der Waals surface area contributed by atoms with Crippen molar-refractivity contribution in [3.05, 3.63) is 22.0 Å². The normalized spacial score (nSPS) is 28.3. The van der Waals surface area contributed by atoms with Gasteiger partial charge in [0.15, 0.2) is 0 Å². The lowest BCUT2D eigenvalue weighted by Gasteiger charge is -2.33. The summed E-state index contributed by atoms with van der Waals surface area (Å²) in [5, 5.41) is 18.3. The second-order valence-electron chi connectivity index (χ2n) is 13.3. The van der Waals surface area contributed by atoms with Crippen molar-refractivity contribution in [2.24, 2.45) is 11.8 Å². The number of carboxylic acids is 1. The summed E-state index contributed by atoms with van der Waals surface area (Å²) >= 11 is 1.59. The molecule has 46 heavy (non-hydrogen) atoms. The Morgan fingerprint density at radius 1 is 1.11 bits per heavy atom. The van der Waals surface area contributed by atoms with Crippen molar-refractivity contribution < 1.29 is 32.7 Å². The summed E-state index contributed by atoms with van der Waals surface area (Å²) in [6, 6.07) is -1.74. The Labute approximate surface area is 276 Å². The van der Waals surface area contributed by atoms with E-state index in [4.69, 9.17) is 0 Å². The number of hydrogen-bond acceptors (Lipinski definition) is 7. The molecular weight excluding hydrogens is 631 g/mol. The van der Waals surface area contributed by atoms with E-state index >= 15 is 0 Å². The van der Waals surface area contributed by atoms with Gasteiger partial charge in [-0.2, -0.15) is 4.31 Å². The third kappa shape index (κ3) is 7.75. The van der Waals surface area contributed by atoms with Crippen molar-refractivity contribution in [3.63, 3.8) is 0 Å². The zero-order valence-electron chi connectivity index (χ0n) is 26.8. The molecule has 14 heteroatoms. The summed E-state index contributed by atoms with van der Waals surface area (Å²) in [5.74, 6) is -1.34. The highest BCUT2D eigenvalue weighted by Crippen LogP contribution is 2.45. The topological polar surface area (TPSA) is 165 Å². The highest BCUT2D eigenvalue weighted by Gasteiger charge is 2.61. The number of aliphatic carboxylic acids is 1. The first-order chi connectivity index (χ1) is 22.1. The molecule has 0 bridgehead atoms. The van der Waals surface area contributed by atoms with Crippen LogP contribution in [-0.2, 0) is 24.4 Å². The number of likely N-dealkylation sites (tertiary alicyclic amines) is 1. The van der Waals surface area contributed by atoms with Crippen LogP contribution in [0, 0.1) is 11.8 Å². The maximum atomic E-state index is 13.3. The van der Waals surface area contributed by atoms with Crippen LogP contribution in [0.3, 0.4) is 0 Å². The summed E-state index contributed by atoms with van der Waals surface area (Å²) in [4.78, 5) is 54.6. The summed E-state index contributed by atoms with van der Waals surface area (Å²) < 4.78 is 27.8. The van der Waals surface area contributed by atoms with Crippen LogP contribution in [0.25, 0.3) is 0 Å². The third-order valence-corrected chi connectivity index (χ3v) is 13.5. The molecule has 0 spiro atoms. The van der Waals surface area contributed by atoms with Crippen molar-refractivity contribution in [1.82, 2.24) is 25.2 Å². The predicted molar refractivity (Wildman–Crippen MR) is 176 cm³/mol. The standard InChI is InChI=1S/C32H49N5O7S2/c1-2-3-4-5-9-13-23-18-32(23,30(40)41)35-29(39)25-14-10-16-37(25)28(38)19-33-31(42)34-24(22-11-7-6-8-12-22)20-36-21-26-27(15-17-45-26)46(36,43)44/h9,13,22-25H,2-8,10-12,14-21H2,1H3,(H,35,39)(H,40,41)(H2,33,34,42)/b13-9-/t23?,24?,25-,32+/m0/s1. The van der Waals surface area contributed by atoms with E-state index in [0.717, 1.165) is 68.4 Å². The number of rotatable bonds is 14. The molecule has 3 aliphatic heterocycles. The number of carbonyl (C=O) groups is 4. The van der Waals surface area contributed by atoms with Gasteiger partial charge in [0.2, 0.25) is 21.8 Å². The SMILES string of the molecule is CCCCC/C=C\C1C[C@]1(NC(=O)[C@@H]1CCCN1C(=O)CNC(=O)NC(CN1CC2=C(CCS2)S1(=O)=O)C1CCCCC1)C(=O)O. The first-order valence-electron chi connectivity index (χ1n) is 17.0. The Kier molecular flexibility index (Phi) is 11.4. The van der Waals surface area contributed by atoms with Crippen molar-refractivity contribution >= 4 is 45.6 Å². The molecule has 2 aliphatic carbocycles. The molecule has 4 N–H and O–H groups in total. The van der Waals surface area contributed by atoms with Gasteiger partial charge < -0.3 is 26.0 Å². The Bertz CT molecular complexity index is 1350. The number of nitrogens with one attached hydrogen (secondary N) is 3. The van der Waals surface area contributed by atoms with E-state index in [0.29, 0.717) is 43.7 Å². The Balaban J connectivity index is 1.14. The summed E-state index contributed by atoms with van der Waals surface area (Å²) in [5.41, 5.74) is -1.35. The molecule has 2 saturated carbocycles. The minimum atomic E-state index is -3.53. The number of hydrogen-bond donors (Lipinski definition) is 4. The van der Waals surface area contributed by atoms with Gasteiger partial charge in [-0.1, -0.05) is 51.2 Å². The molecule has 5 rings (SSSR count). The van der Waals surface area contributed by atoms with Crippen LogP contribution in [0.1, 0.15) is 90.4 Å². The van der Waals surface area contributed by atoms with E-state index in [-0.39, 0.29) is 31.0 Å². The number of unbranched alkanes of at least 4 members (excludes halogenated alkanes) is 3. The number of carboxylic acid groups (broad SMARTS) is 1. The number of thioether (sulfide) groups is 1. The molecule has 0 aromatic carbocycles. The molecule has 2 unspecified atom stereocenters. The van der Waals surface area contributed by atoms with Gasteiger partial charge in [0, 0.05) is 42.3 Å². The number of sulfonamides is 1. The van der Waals surface area contributed by atoms with Crippen LogP contribution < -0.4 is 16.0 Å². The molecule has 12 nitrogen and oxygen atoms in total. The lowest BCUT2D eigenvalue weighted by atomic mass is 9.84. The molecule has 0 aromatic heterocycles. The second-order valence-corrected chi connectivity index (χ2v) is 16.5. The van der Waals surface area contributed by atoms with E-state index in [1.165, 1.54) is 9.21 Å². The zero-order chi connectivity index (χ0) is 32.9. The maximum absolute atomic E-state index is 13.3. The zero-order valence-corrected chi connectivity index (χ0v) is 28.4. The Morgan fingerprint density at radius 3 is 2.61 bits per heavy atom. The second kappa shape index (κ2) is 15.1. The molecule has 1 saturated heterocycles. The number of urea groups is 1. The average molecular weight is 680 g/mol. The predicted octanol–water partition coefficient (Wildman–Crippen LogP) is 3.32. The van der Waals surface area contributed by atoms with Crippen molar-refractivity contribution in [3.8, 4) is 0 Å². The van der Waals surface area contributed by atoms with E-state index in [2.05, 4.69) is 22.9 Å². The van der Waals surface area contributed by atoms with E-state index in [9.17, 15) is 32.7 Å². The largest absolute Gasteiger partial charge is 0.479 e. The minimum Gasteiger partial charge on any atom is -0.479 e. The molecule has 256 valence electrons. The number of allylic oxidation sites excluding steroid dienone is 2. The first-order valence-corrected chi connectivity index (χ1v) is 19.4. The van der Waals surface area contributed by atoms with Crippen LogP contribution >= 0.6 is 11.8 Å². The van der Waals surface area contributed by atoms with Crippen molar-refractivity contribution in [2.75, 3.05) is 31.9 Å². The molecule has 3 fully saturated rings. The molecular formula is C32H49N5O7S2. The molecule has 0 radical (unpaired) electrons. The smallest absolute Gasteiger partial charge is 0.330 e. The van der Waals surface area contributed by atoms with Gasteiger partial charge in [-0.25, -0.2) is 18.0 Å². The molecule has 0 aromatic rings. The maximum Gasteiger partial charge on any atom is 0.330 e. The van der Waals surface area contributed by atoms with Gasteiger partial charge in [0.05, 0.1) is 11.4 Å². The van der Waals surface area contributed by atoms with Crippen LogP contribution in [0.15, 0.2) is 22.0 Å². The Hall–Kier alpha value is -2.58. The van der Waals surface area contributed by atoms with E-state index < -0.39 is 45.4 Å². The first kappa shape index (κ1) is 34.7. The summed E-state index contributed by atoms with van der Waals surface area (Å²) in [7, 11) is -3.53. The highest BCUT2D eigenvalue weighted by molar-refractivity contribution is 8.05. The van der Waals surface area contributed by atoms with Crippen molar-refractivity contribution in [1.29, 1.82) is 0 Å². The Morgan fingerprint density at radius 2 is 1.89 bits per heavy atom. The van der Waals surface area contributed by atoms with Crippen LogP contribution in [-0.4, -0.2) is 96.1 Å². The number of carbonyl (C=O) groups excluding carboxylic acids is 3. The van der Waals surface area contributed by atoms with Crippen LogP contribution in [0.5, 0.6) is 0 Å².